The van der Waals surface area contributed by atoms with Gasteiger partial charge in [-0.05, 0) is 38.4 Å². The standard InChI is InChI=1S/C16H29N3S/c1-5-19(6-2)11-15-18-16(13-7-8-13)14(20-15)10-17-9-12(3)4/h12-13,17H,5-11H2,1-4H3. The smallest absolute Gasteiger partial charge is 0.107 e. The molecule has 0 radical (unpaired) electrons. The van der Waals surface area contributed by atoms with E-state index in [1.54, 1.807) is 0 Å². The predicted octanol–water partition coefficient (Wildman–Crippen LogP) is 3.61. The molecule has 4 heteroatoms. The highest BCUT2D eigenvalue weighted by Gasteiger charge is 2.29. The van der Waals surface area contributed by atoms with Crippen LogP contribution >= 0.6 is 11.3 Å². The average molecular weight is 295 g/mol. The Kier molecular flexibility index (Phi) is 6.00. The largest absolute Gasteiger partial charge is 0.312 e. The molecule has 1 aliphatic rings. The molecule has 114 valence electrons. The minimum absolute atomic E-state index is 0.711. The third kappa shape index (κ3) is 4.54. The molecule has 2 rings (SSSR count). The van der Waals surface area contributed by atoms with Crippen LogP contribution in [-0.4, -0.2) is 29.5 Å². The van der Waals surface area contributed by atoms with E-state index in [-0.39, 0.29) is 0 Å². The maximum absolute atomic E-state index is 4.94. The van der Waals surface area contributed by atoms with Crippen molar-refractivity contribution in [2.24, 2.45) is 5.92 Å². The quantitative estimate of drug-likeness (QED) is 0.754. The maximum Gasteiger partial charge on any atom is 0.107 e. The van der Waals surface area contributed by atoms with Crippen molar-refractivity contribution in [3.63, 3.8) is 0 Å². The first-order valence-electron chi connectivity index (χ1n) is 8.05. The highest BCUT2D eigenvalue weighted by atomic mass is 32.1. The summed E-state index contributed by atoms with van der Waals surface area (Å²) in [5, 5.41) is 4.88. The molecule has 0 aliphatic heterocycles. The number of thiazole rings is 1. The van der Waals surface area contributed by atoms with Crippen molar-refractivity contribution in [2.75, 3.05) is 19.6 Å². The summed E-state index contributed by atoms with van der Waals surface area (Å²) in [6.45, 7) is 14.3. The summed E-state index contributed by atoms with van der Waals surface area (Å²) < 4.78 is 0. The molecule has 1 fully saturated rings. The van der Waals surface area contributed by atoms with Crippen LogP contribution in [0.1, 0.15) is 62.0 Å². The van der Waals surface area contributed by atoms with Crippen LogP contribution in [0.2, 0.25) is 0 Å². The molecule has 20 heavy (non-hydrogen) atoms. The van der Waals surface area contributed by atoms with Gasteiger partial charge in [0.25, 0.3) is 0 Å². The molecule has 3 nitrogen and oxygen atoms in total. The molecule has 1 aromatic heterocycles. The van der Waals surface area contributed by atoms with Crippen molar-refractivity contribution in [2.45, 2.75) is 59.5 Å². The average Bonchev–Trinajstić information content (AvgIpc) is 3.18. The van der Waals surface area contributed by atoms with Crippen molar-refractivity contribution in [1.82, 2.24) is 15.2 Å². The molecule has 0 bridgehead atoms. The second-order valence-electron chi connectivity index (χ2n) is 6.18. The molecule has 1 heterocycles. The lowest BCUT2D eigenvalue weighted by Crippen LogP contribution is -2.21. The molecule has 0 unspecified atom stereocenters. The van der Waals surface area contributed by atoms with Crippen LogP contribution in [0.15, 0.2) is 0 Å². The molecule has 0 atom stereocenters. The van der Waals surface area contributed by atoms with Gasteiger partial charge in [-0.25, -0.2) is 4.98 Å². The summed E-state index contributed by atoms with van der Waals surface area (Å²) in [6, 6.07) is 0. The molecule has 0 amide bonds. The van der Waals surface area contributed by atoms with Crippen LogP contribution in [0, 0.1) is 5.92 Å². The number of nitrogens with one attached hydrogen (secondary N) is 1. The fourth-order valence-corrected chi connectivity index (χ4v) is 3.56. The van der Waals surface area contributed by atoms with Gasteiger partial charge >= 0.3 is 0 Å². The second-order valence-corrected chi connectivity index (χ2v) is 7.34. The molecule has 0 spiro atoms. The SMILES string of the molecule is CCN(CC)Cc1nc(C2CC2)c(CNCC(C)C)s1. The van der Waals surface area contributed by atoms with Crippen molar-refractivity contribution >= 4 is 11.3 Å². The molecular formula is C16H29N3S. The zero-order valence-electron chi connectivity index (χ0n) is 13.4. The van der Waals surface area contributed by atoms with E-state index in [4.69, 9.17) is 4.98 Å². The second kappa shape index (κ2) is 7.53. The zero-order chi connectivity index (χ0) is 14.5. The summed E-state index contributed by atoms with van der Waals surface area (Å²) in [4.78, 5) is 8.87. The fraction of sp³-hybridized carbons (Fsp3) is 0.812. The van der Waals surface area contributed by atoms with E-state index in [0.717, 1.165) is 38.6 Å². The van der Waals surface area contributed by atoms with Crippen LogP contribution < -0.4 is 5.32 Å². The Balaban J connectivity index is 1.99. The number of nitrogens with zero attached hydrogens (tertiary/aromatic N) is 2. The molecule has 1 aliphatic carbocycles. The van der Waals surface area contributed by atoms with E-state index in [2.05, 4.69) is 37.9 Å². The van der Waals surface area contributed by atoms with E-state index < -0.39 is 0 Å². The van der Waals surface area contributed by atoms with Gasteiger partial charge in [0.15, 0.2) is 0 Å². The lowest BCUT2D eigenvalue weighted by atomic mass is 10.2. The van der Waals surface area contributed by atoms with E-state index in [1.807, 2.05) is 11.3 Å². The van der Waals surface area contributed by atoms with E-state index in [9.17, 15) is 0 Å². The summed E-state index contributed by atoms with van der Waals surface area (Å²) in [5.41, 5.74) is 1.40. The van der Waals surface area contributed by atoms with Gasteiger partial charge in [0, 0.05) is 17.3 Å². The van der Waals surface area contributed by atoms with Gasteiger partial charge in [-0.1, -0.05) is 27.7 Å². The number of hydrogen-bond acceptors (Lipinski definition) is 4. The Bertz CT molecular complexity index is 406. The van der Waals surface area contributed by atoms with Gasteiger partial charge in [-0.3, -0.25) is 4.90 Å². The zero-order valence-corrected chi connectivity index (χ0v) is 14.2. The number of rotatable bonds is 9. The maximum atomic E-state index is 4.94. The monoisotopic (exact) mass is 295 g/mol. The predicted molar refractivity (Wildman–Crippen MR) is 87.3 cm³/mol. The Morgan fingerprint density at radius 3 is 2.55 bits per heavy atom. The summed E-state index contributed by atoms with van der Waals surface area (Å²) >= 11 is 1.92. The molecule has 1 N–H and O–H groups in total. The van der Waals surface area contributed by atoms with Gasteiger partial charge in [-0.2, -0.15) is 0 Å². The third-order valence-corrected chi connectivity index (χ3v) is 4.88. The first-order valence-corrected chi connectivity index (χ1v) is 8.87. The van der Waals surface area contributed by atoms with Crippen molar-refractivity contribution in [3.8, 4) is 0 Å². The van der Waals surface area contributed by atoms with Crippen molar-refractivity contribution < 1.29 is 0 Å². The molecule has 0 saturated heterocycles. The minimum atomic E-state index is 0.711. The van der Waals surface area contributed by atoms with Gasteiger partial charge in [0.1, 0.15) is 5.01 Å². The summed E-state index contributed by atoms with van der Waals surface area (Å²) in [6.07, 6.45) is 2.68. The lowest BCUT2D eigenvalue weighted by molar-refractivity contribution is 0.295. The first-order chi connectivity index (χ1) is 9.63. The Labute approximate surface area is 127 Å². The number of aromatic nitrogens is 1. The van der Waals surface area contributed by atoms with Crippen molar-refractivity contribution in [1.29, 1.82) is 0 Å². The Hall–Kier alpha value is -0.450. The topological polar surface area (TPSA) is 28.2 Å². The summed E-state index contributed by atoms with van der Waals surface area (Å²) in [5.74, 6) is 1.47. The molecular weight excluding hydrogens is 266 g/mol. The highest BCUT2D eigenvalue weighted by Crippen LogP contribution is 2.42. The van der Waals surface area contributed by atoms with E-state index >= 15 is 0 Å². The Morgan fingerprint density at radius 1 is 1.30 bits per heavy atom. The van der Waals surface area contributed by atoms with Crippen LogP contribution in [0.4, 0.5) is 0 Å². The normalized spacial score (nSPS) is 15.5. The molecule has 0 aromatic carbocycles. The van der Waals surface area contributed by atoms with Gasteiger partial charge in [0.2, 0.25) is 0 Å². The Morgan fingerprint density at radius 2 is 2.00 bits per heavy atom. The van der Waals surface area contributed by atoms with Gasteiger partial charge in [0.05, 0.1) is 12.2 Å². The minimum Gasteiger partial charge on any atom is -0.312 e. The van der Waals surface area contributed by atoms with E-state index in [1.165, 1.54) is 28.4 Å². The van der Waals surface area contributed by atoms with Crippen LogP contribution in [0.5, 0.6) is 0 Å². The van der Waals surface area contributed by atoms with Crippen molar-refractivity contribution in [3.05, 3.63) is 15.6 Å². The van der Waals surface area contributed by atoms with Crippen LogP contribution in [0.25, 0.3) is 0 Å². The fourth-order valence-electron chi connectivity index (χ4n) is 2.40. The molecule has 1 aromatic rings. The third-order valence-electron chi connectivity index (χ3n) is 3.83. The van der Waals surface area contributed by atoms with Crippen LogP contribution in [0.3, 0.4) is 0 Å². The highest BCUT2D eigenvalue weighted by molar-refractivity contribution is 7.11. The van der Waals surface area contributed by atoms with Crippen LogP contribution in [-0.2, 0) is 13.1 Å². The molecule has 1 saturated carbocycles. The number of hydrogen-bond donors (Lipinski definition) is 1. The summed E-state index contributed by atoms with van der Waals surface area (Å²) in [7, 11) is 0. The first kappa shape index (κ1) is 15.9. The lowest BCUT2D eigenvalue weighted by Gasteiger charge is -2.15. The van der Waals surface area contributed by atoms with Gasteiger partial charge in [-0.15, -0.1) is 11.3 Å². The van der Waals surface area contributed by atoms with Gasteiger partial charge < -0.3 is 5.32 Å². The van der Waals surface area contributed by atoms with E-state index in [0.29, 0.717) is 5.92 Å².